The van der Waals surface area contributed by atoms with E-state index in [1.54, 1.807) is 29.8 Å². The highest BCUT2D eigenvalue weighted by Gasteiger charge is 2.09. The van der Waals surface area contributed by atoms with Gasteiger partial charge in [0.05, 0.1) is 17.6 Å². The van der Waals surface area contributed by atoms with E-state index < -0.39 is 0 Å². The molecule has 1 aromatic heterocycles. The molecule has 0 aliphatic rings. The Hall–Kier alpha value is -1.33. The molecule has 3 nitrogen and oxygen atoms in total. The second-order valence-corrected chi connectivity index (χ2v) is 6.04. The molecule has 0 radical (unpaired) electrons. The first-order valence-electron chi connectivity index (χ1n) is 6.32. The van der Waals surface area contributed by atoms with E-state index in [2.05, 4.69) is 5.32 Å². The fraction of sp³-hybridized carbons (Fsp3) is 0.267. The lowest BCUT2D eigenvalue weighted by Crippen LogP contribution is -2.26. The average Bonchev–Trinajstić information content (AvgIpc) is 3.00. The Morgan fingerprint density at radius 2 is 2.10 bits per heavy atom. The van der Waals surface area contributed by atoms with Gasteiger partial charge in [-0.05, 0) is 30.5 Å². The molecule has 0 unspecified atom stereocenters. The van der Waals surface area contributed by atoms with Crippen LogP contribution in [0, 0.1) is 0 Å². The van der Waals surface area contributed by atoms with Gasteiger partial charge in [-0.3, -0.25) is 4.79 Å². The summed E-state index contributed by atoms with van der Waals surface area (Å²) in [4.78, 5) is 13.1. The first-order valence-corrected chi connectivity index (χ1v) is 8.70. The van der Waals surface area contributed by atoms with Crippen molar-refractivity contribution in [2.24, 2.45) is 0 Å². The van der Waals surface area contributed by atoms with Gasteiger partial charge < -0.3 is 9.73 Å². The SMILES string of the molecule is CSc1ccccc1C(=O)NCCSCc1ccco1. The highest BCUT2D eigenvalue weighted by Crippen LogP contribution is 2.19. The number of hydrogen-bond donors (Lipinski definition) is 1. The molecule has 5 heteroatoms. The third-order valence-corrected chi connectivity index (χ3v) is 4.49. The van der Waals surface area contributed by atoms with Gasteiger partial charge in [0, 0.05) is 17.2 Å². The van der Waals surface area contributed by atoms with Gasteiger partial charge in [-0.2, -0.15) is 11.8 Å². The second-order valence-electron chi connectivity index (χ2n) is 4.09. The lowest BCUT2D eigenvalue weighted by molar-refractivity contribution is 0.0953. The molecule has 0 spiro atoms. The van der Waals surface area contributed by atoms with Gasteiger partial charge in [0.15, 0.2) is 0 Å². The summed E-state index contributed by atoms with van der Waals surface area (Å²) in [6.07, 6.45) is 3.66. The molecule has 0 aliphatic carbocycles. The molecule has 20 heavy (non-hydrogen) atoms. The highest BCUT2D eigenvalue weighted by atomic mass is 32.2. The number of hydrogen-bond acceptors (Lipinski definition) is 4. The summed E-state index contributed by atoms with van der Waals surface area (Å²) in [6, 6.07) is 11.5. The molecule has 1 heterocycles. The van der Waals surface area contributed by atoms with Gasteiger partial charge in [-0.25, -0.2) is 0 Å². The number of nitrogens with one attached hydrogen (secondary N) is 1. The van der Waals surface area contributed by atoms with Gasteiger partial charge in [0.2, 0.25) is 0 Å². The van der Waals surface area contributed by atoms with Crippen LogP contribution in [-0.2, 0) is 5.75 Å². The number of carbonyl (C=O) groups excluding carboxylic acids is 1. The monoisotopic (exact) mass is 307 g/mol. The summed E-state index contributed by atoms with van der Waals surface area (Å²) >= 11 is 3.33. The molecule has 1 N–H and O–H groups in total. The maximum absolute atomic E-state index is 12.1. The average molecular weight is 307 g/mol. The van der Waals surface area contributed by atoms with Crippen molar-refractivity contribution < 1.29 is 9.21 Å². The fourth-order valence-corrected chi connectivity index (χ4v) is 3.08. The van der Waals surface area contributed by atoms with Crippen LogP contribution in [-0.4, -0.2) is 24.5 Å². The van der Waals surface area contributed by atoms with Crippen molar-refractivity contribution in [1.82, 2.24) is 5.32 Å². The molecule has 0 atom stereocenters. The van der Waals surface area contributed by atoms with Crippen molar-refractivity contribution in [1.29, 1.82) is 0 Å². The summed E-state index contributed by atoms with van der Waals surface area (Å²) in [5.74, 6) is 2.67. The maximum Gasteiger partial charge on any atom is 0.252 e. The normalized spacial score (nSPS) is 10.4. The number of amides is 1. The van der Waals surface area contributed by atoms with Crippen LogP contribution in [0.5, 0.6) is 0 Å². The van der Waals surface area contributed by atoms with E-state index >= 15 is 0 Å². The quantitative estimate of drug-likeness (QED) is 0.626. The second kappa shape index (κ2) is 8.07. The van der Waals surface area contributed by atoms with Crippen molar-refractivity contribution in [2.75, 3.05) is 18.6 Å². The van der Waals surface area contributed by atoms with Gasteiger partial charge in [-0.1, -0.05) is 12.1 Å². The topological polar surface area (TPSA) is 42.2 Å². The lowest BCUT2D eigenvalue weighted by Gasteiger charge is -2.08. The molecule has 2 aromatic rings. The first-order chi connectivity index (χ1) is 9.81. The van der Waals surface area contributed by atoms with E-state index in [1.807, 2.05) is 42.7 Å². The Morgan fingerprint density at radius 3 is 2.85 bits per heavy atom. The Kier molecular flexibility index (Phi) is 6.08. The fourth-order valence-electron chi connectivity index (χ4n) is 1.73. The molecule has 2 rings (SSSR count). The Balaban J connectivity index is 1.72. The maximum atomic E-state index is 12.1. The molecular formula is C15H17NO2S2. The molecule has 1 aromatic carbocycles. The standard InChI is InChI=1S/C15H17NO2S2/c1-19-14-7-3-2-6-13(14)15(17)16-8-10-20-11-12-5-4-9-18-12/h2-7,9H,8,10-11H2,1H3,(H,16,17). The van der Waals surface area contributed by atoms with Gasteiger partial charge in [-0.15, -0.1) is 11.8 Å². The highest BCUT2D eigenvalue weighted by molar-refractivity contribution is 7.98. The summed E-state index contributed by atoms with van der Waals surface area (Å²) in [6.45, 7) is 0.660. The van der Waals surface area contributed by atoms with Crippen molar-refractivity contribution in [3.63, 3.8) is 0 Å². The van der Waals surface area contributed by atoms with Crippen molar-refractivity contribution in [2.45, 2.75) is 10.6 Å². The molecule has 0 bridgehead atoms. The van der Waals surface area contributed by atoms with Crippen LogP contribution in [0.4, 0.5) is 0 Å². The third kappa shape index (κ3) is 4.35. The van der Waals surface area contributed by atoms with Gasteiger partial charge in [0.1, 0.15) is 5.76 Å². The van der Waals surface area contributed by atoms with Gasteiger partial charge in [0.25, 0.3) is 5.91 Å². The van der Waals surface area contributed by atoms with Crippen LogP contribution in [0.25, 0.3) is 0 Å². The Morgan fingerprint density at radius 1 is 1.25 bits per heavy atom. The van der Waals surface area contributed by atoms with Crippen LogP contribution in [0.15, 0.2) is 52.0 Å². The van der Waals surface area contributed by atoms with E-state index in [0.717, 1.165) is 27.7 Å². The van der Waals surface area contributed by atoms with Gasteiger partial charge >= 0.3 is 0 Å². The van der Waals surface area contributed by atoms with E-state index in [1.165, 1.54) is 0 Å². The smallest absolute Gasteiger partial charge is 0.252 e. The summed E-state index contributed by atoms with van der Waals surface area (Å²) in [5.41, 5.74) is 0.746. The number of furan rings is 1. The molecule has 0 aliphatic heterocycles. The summed E-state index contributed by atoms with van der Waals surface area (Å²) < 4.78 is 5.25. The number of carbonyl (C=O) groups is 1. The Bertz CT molecular complexity index is 541. The molecule has 1 amide bonds. The van der Waals surface area contributed by atoms with E-state index in [-0.39, 0.29) is 5.91 Å². The van der Waals surface area contributed by atoms with Crippen LogP contribution in [0.1, 0.15) is 16.1 Å². The molecular weight excluding hydrogens is 290 g/mol. The molecule has 0 saturated carbocycles. The van der Waals surface area contributed by atoms with E-state index in [9.17, 15) is 4.79 Å². The third-order valence-electron chi connectivity index (χ3n) is 2.71. The minimum absolute atomic E-state index is 0.00597. The predicted molar refractivity (Wildman–Crippen MR) is 85.4 cm³/mol. The van der Waals surface area contributed by atoms with Crippen LogP contribution >= 0.6 is 23.5 Å². The minimum atomic E-state index is -0.00597. The van der Waals surface area contributed by atoms with Crippen LogP contribution in [0.2, 0.25) is 0 Å². The Labute approximate surface area is 127 Å². The number of rotatable bonds is 7. The zero-order valence-electron chi connectivity index (χ0n) is 11.3. The molecule has 0 fully saturated rings. The van der Waals surface area contributed by atoms with Crippen molar-refractivity contribution in [3.8, 4) is 0 Å². The predicted octanol–water partition coefficient (Wildman–Crippen LogP) is 3.66. The largest absolute Gasteiger partial charge is 0.468 e. The molecule has 0 saturated heterocycles. The van der Waals surface area contributed by atoms with Crippen molar-refractivity contribution in [3.05, 3.63) is 54.0 Å². The zero-order chi connectivity index (χ0) is 14.2. The lowest BCUT2D eigenvalue weighted by atomic mass is 10.2. The van der Waals surface area contributed by atoms with Crippen LogP contribution in [0.3, 0.4) is 0 Å². The zero-order valence-corrected chi connectivity index (χ0v) is 12.9. The first kappa shape index (κ1) is 15.1. The van der Waals surface area contributed by atoms with Crippen molar-refractivity contribution >= 4 is 29.4 Å². The minimum Gasteiger partial charge on any atom is -0.468 e. The van der Waals surface area contributed by atoms with E-state index in [4.69, 9.17) is 4.42 Å². The molecule has 106 valence electrons. The summed E-state index contributed by atoms with van der Waals surface area (Å²) in [5, 5.41) is 2.95. The van der Waals surface area contributed by atoms with E-state index in [0.29, 0.717) is 6.54 Å². The number of benzene rings is 1. The van der Waals surface area contributed by atoms with Crippen LogP contribution < -0.4 is 5.32 Å². The number of thioether (sulfide) groups is 2. The summed E-state index contributed by atoms with van der Waals surface area (Å²) in [7, 11) is 0.